The molecule has 5 amide bonds. The lowest BCUT2D eigenvalue weighted by Gasteiger charge is -2.42. The number of rotatable bonds is 13. The summed E-state index contributed by atoms with van der Waals surface area (Å²) < 4.78 is 31.5. The third-order valence-corrected chi connectivity index (χ3v) is 12.8. The second-order valence-corrected chi connectivity index (χ2v) is 17.8. The normalized spacial score (nSPS) is 27.9. The van der Waals surface area contributed by atoms with Gasteiger partial charge in [0.1, 0.15) is 12.1 Å². The highest BCUT2D eigenvalue weighted by atomic mass is 32.2. The van der Waals surface area contributed by atoms with E-state index in [0.717, 1.165) is 25.7 Å². The van der Waals surface area contributed by atoms with Crippen molar-refractivity contribution in [1.29, 1.82) is 0 Å². The summed E-state index contributed by atoms with van der Waals surface area (Å²) in [6.45, 7) is 15.5. The summed E-state index contributed by atoms with van der Waals surface area (Å²) in [7, 11) is -3.58. The Bertz CT molecular complexity index is 1380. The van der Waals surface area contributed by atoms with Gasteiger partial charge in [-0.25, -0.2) is 13.2 Å². The van der Waals surface area contributed by atoms with E-state index < -0.39 is 73.9 Å². The fourth-order valence-electron chi connectivity index (χ4n) is 7.95. The average Bonchev–Trinajstić information content (AvgIpc) is 3.33. The molecule has 2 saturated heterocycles. The number of hydrogen-bond donors (Lipinski definition) is 4. The van der Waals surface area contributed by atoms with Crippen LogP contribution in [0, 0.1) is 22.7 Å². The van der Waals surface area contributed by atoms with Gasteiger partial charge >= 0.3 is 6.03 Å². The Morgan fingerprint density at radius 2 is 1.73 bits per heavy atom. The van der Waals surface area contributed by atoms with Gasteiger partial charge in [0.05, 0.1) is 23.9 Å². The summed E-state index contributed by atoms with van der Waals surface area (Å²) in [6, 6.07) is -3.68. The van der Waals surface area contributed by atoms with Gasteiger partial charge in [-0.1, -0.05) is 79.7 Å². The lowest BCUT2D eigenvalue weighted by molar-refractivity contribution is -0.145. The number of piperidine rings is 1. The molecule has 2 heterocycles. The number of sulfone groups is 1. The highest BCUT2D eigenvalue weighted by molar-refractivity contribution is 7.92. The average molecular weight is 694 g/mol. The number of nitrogens with zero attached hydrogens (tertiary/aromatic N) is 1. The second-order valence-electron chi connectivity index (χ2n) is 15.6. The van der Waals surface area contributed by atoms with Crippen molar-refractivity contribution in [3.8, 4) is 0 Å². The van der Waals surface area contributed by atoms with Gasteiger partial charge in [0.25, 0.3) is 5.91 Å². The van der Waals surface area contributed by atoms with Crippen molar-refractivity contribution in [2.24, 2.45) is 22.7 Å². The molecule has 14 heteroatoms. The standard InChI is InChI=1S/C34H55N5O8S/c1-8-10-14-22(25(40)28(42)35-17-9-2)36-27(41)24-23-21(33(23,6)7)20-39(24)29(43)26(32(3,4)5)37-31(44)38-34(15-12-11-13-16-34)30-47-18-19-48(30,45)46/h9,21-24,26,30H,2,8,10-20H2,1,3-7H3,(H,35,42)(H,36,41)(H2,37,38,44)/t21?,22?,23?,24-,26-,30-/m1/s1. The number of carbonyl (C=O) groups is 5. The maximum Gasteiger partial charge on any atom is 0.316 e. The van der Waals surface area contributed by atoms with Crippen LogP contribution in [0.1, 0.15) is 92.9 Å². The van der Waals surface area contributed by atoms with E-state index in [0.29, 0.717) is 25.8 Å². The number of ketones is 1. The molecule has 0 bridgehead atoms. The molecule has 2 aliphatic heterocycles. The predicted molar refractivity (Wildman–Crippen MR) is 180 cm³/mol. The number of unbranched alkanes of at least 4 members (excludes halogenated alkanes) is 1. The summed E-state index contributed by atoms with van der Waals surface area (Å²) in [4.78, 5) is 69.3. The Balaban J connectivity index is 1.55. The number of Topliss-reactive ketones (excluding diaryl/α,β-unsaturated/α-hetero) is 1. The van der Waals surface area contributed by atoms with Gasteiger partial charge in [0, 0.05) is 13.1 Å². The zero-order valence-electron chi connectivity index (χ0n) is 29.4. The molecule has 0 aromatic carbocycles. The summed E-state index contributed by atoms with van der Waals surface area (Å²) in [6.07, 6.45) is 6.36. The van der Waals surface area contributed by atoms with Crippen LogP contribution in [0.5, 0.6) is 0 Å². The van der Waals surface area contributed by atoms with Crippen LogP contribution < -0.4 is 21.3 Å². The van der Waals surface area contributed by atoms with Crippen molar-refractivity contribution >= 4 is 39.4 Å². The molecular weight excluding hydrogens is 638 g/mol. The molecule has 0 radical (unpaired) electrons. The lowest BCUT2D eigenvalue weighted by atomic mass is 9.82. The van der Waals surface area contributed by atoms with Crippen molar-refractivity contribution in [3.05, 3.63) is 12.7 Å². The smallest absolute Gasteiger partial charge is 0.316 e. The Kier molecular flexibility index (Phi) is 11.4. The molecule has 0 aromatic heterocycles. The summed E-state index contributed by atoms with van der Waals surface area (Å²) in [5.74, 6) is -2.73. The van der Waals surface area contributed by atoms with Crippen LogP contribution in [0.2, 0.25) is 0 Å². The largest absolute Gasteiger partial charge is 0.359 e. The Hall–Kier alpha value is -3.00. The molecule has 48 heavy (non-hydrogen) atoms. The first-order chi connectivity index (χ1) is 22.4. The van der Waals surface area contributed by atoms with Crippen LogP contribution in [-0.4, -0.2) is 97.4 Å². The molecule has 6 atom stereocenters. The topological polar surface area (TPSA) is 180 Å². The molecule has 2 aliphatic carbocycles. The van der Waals surface area contributed by atoms with Crippen LogP contribution in [0.4, 0.5) is 4.79 Å². The van der Waals surface area contributed by atoms with E-state index in [9.17, 15) is 32.4 Å². The van der Waals surface area contributed by atoms with Crippen LogP contribution >= 0.6 is 0 Å². The second kappa shape index (κ2) is 14.5. The quantitative estimate of drug-likeness (QED) is 0.167. The molecule has 2 saturated carbocycles. The number of urea groups is 1. The SMILES string of the molecule is C=CCNC(=O)C(=O)C(CCCC)NC(=O)[C@H]1C2C(CN1C(=O)[C@@H](NC(=O)NC1([C@@H]3OCCS3(=O)=O)CCCCC1)C(C)(C)C)C2(C)C. The van der Waals surface area contributed by atoms with Crippen LogP contribution in [0.25, 0.3) is 0 Å². The minimum absolute atomic E-state index is 0.0440. The van der Waals surface area contributed by atoms with E-state index in [2.05, 4.69) is 27.8 Å². The fraction of sp³-hybridized carbons (Fsp3) is 0.794. The molecule has 0 spiro atoms. The predicted octanol–water partition coefficient (Wildman–Crippen LogP) is 2.20. The fourth-order valence-corrected chi connectivity index (χ4v) is 9.78. The first kappa shape index (κ1) is 37.8. The van der Waals surface area contributed by atoms with Gasteiger partial charge in [-0.15, -0.1) is 6.58 Å². The van der Waals surface area contributed by atoms with E-state index in [4.69, 9.17) is 4.74 Å². The van der Waals surface area contributed by atoms with Gasteiger partial charge in [-0.3, -0.25) is 19.2 Å². The highest BCUT2D eigenvalue weighted by Crippen LogP contribution is 2.65. The Morgan fingerprint density at radius 1 is 1.06 bits per heavy atom. The monoisotopic (exact) mass is 693 g/mol. The molecule has 4 aliphatic rings. The van der Waals surface area contributed by atoms with Crippen molar-refractivity contribution < 1.29 is 37.1 Å². The van der Waals surface area contributed by atoms with E-state index in [1.165, 1.54) is 11.0 Å². The maximum absolute atomic E-state index is 14.4. The lowest BCUT2D eigenvalue weighted by Crippen LogP contribution is -2.65. The van der Waals surface area contributed by atoms with Crippen LogP contribution in [-0.2, 0) is 33.8 Å². The number of likely N-dealkylation sites (tertiary alicyclic amines) is 1. The molecule has 4 N–H and O–H groups in total. The number of hydrogen-bond acceptors (Lipinski definition) is 8. The summed E-state index contributed by atoms with van der Waals surface area (Å²) in [5.41, 5.74) is -3.26. The third kappa shape index (κ3) is 7.74. The number of ether oxygens (including phenoxy) is 1. The van der Waals surface area contributed by atoms with Crippen molar-refractivity contribution in [1.82, 2.24) is 26.2 Å². The zero-order chi connectivity index (χ0) is 35.7. The Morgan fingerprint density at radius 3 is 2.29 bits per heavy atom. The first-order valence-electron chi connectivity index (χ1n) is 17.4. The highest BCUT2D eigenvalue weighted by Gasteiger charge is 2.70. The van der Waals surface area contributed by atoms with Gasteiger partial charge in [-0.05, 0) is 41.9 Å². The molecule has 0 aromatic rings. The van der Waals surface area contributed by atoms with E-state index in [1.54, 1.807) is 0 Å². The van der Waals surface area contributed by atoms with Gasteiger partial charge < -0.3 is 30.9 Å². The maximum atomic E-state index is 14.4. The Labute approximate surface area is 285 Å². The van der Waals surface area contributed by atoms with Gasteiger partial charge in [0.2, 0.25) is 17.6 Å². The molecule has 270 valence electrons. The zero-order valence-corrected chi connectivity index (χ0v) is 30.2. The van der Waals surface area contributed by atoms with Gasteiger partial charge in [-0.2, -0.15) is 0 Å². The van der Waals surface area contributed by atoms with Crippen LogP contribution in [0.15, 0.2) is 12.7 Å². The number of carbonyl (C=O) groups excluding carboxylic acids is 5. The first-order valence-corrected chi connectivity index (χ1v) is 19.1. The minimum atomic E-state index is -3.58. The third-order valence-electron chi connectivity index (χ3n) is 10.8. The summed E-state index contributed by atoms with van der Waals surface area (Å²) in [5, 5.41) is 11.1. The van der Waals surface area contributed by atoms with E-state index >= 15 is 0 Å². The van der Waals surface area contributed by atoms with Crippen molar-refractivity contribution in [2.45, 2.75) is 122 Å². The molecule has 4 rings (SSSR count). The van der Waals surface area contributed by atoms with Gasteiger partial charge in [0.15, 0.2) is 15.3 Å². The molecule has 3 unspecified atom stereocenters. The minimum Gasteiger partial charge on any atom is -0.359 e. The van der Waals surface area contributed by atoms with E-state index in [1.807, 2.05) is 41.5 Å². The van der Waals surface area contributed by atoms with Crippen molar-refractivity contribution in [3.63, 3.8) is 0 Å². The molecule has 13 nitrogen and oxygen atoms in total. The summed E-state index contributed by atoms with van der Waals surface area (Å²) >= 11 is 0. The van der Waals surface area contributed by atoms with Crippen LogP contribution in [0.3, 0.4) is 0 Å². The van der Waals surface area contributed by atoms with Crippen molar-refractivity contribution in [2.75, 3.05) is 25.4 Å². The number of nitrogens with one attached hydrogen (secondary N) is 4. The number of amides is 5. The number of fused-ring (bicyclic) bond motifs is 1. The molecule has 4 fully saturated rings. The molecular formula is C34H55N5O8S. The van der Waals surface area contributed by atoms with E-state index in [-0.39, 0.29) is 42.6 Å².